The van der Waals surface area contributed by atoms with Crippen molar-refractivity contribution in [2.24, 2.45) is 40.4 Å². The van der Waals surface area contributed by atoms with Gasteiger partial charge in [0, 0.05) is 31.4 Å². The van der Waals surface area contributed by atoms with Crippen LogP contribution in [0.1, 0.15) is 85.0 Å². The molecule has 5 fully saturated rings. The van der Waals surface area contributed by atoms with Crippen molar-refractivity contribution in [2.45, 2.75) is 121 Å². The van der Waals surface area contributed by atoms with Gasteiger partial charge in [0.05, 0.1) is 23.9 Å². The lowest BCUT2D eigenvalue weighted by molar-refractivity contribution is -0.273. The van der Waals surface area contributed by atoms with Gasteiger partial charge in [0.25, 0.3) is 0 Å². The van der Waals surface area contributed by atoms with Gasteiger partial charge in [-0.3, -0.25) is 4.79 Å². The molecular weight excluding hydrogens is 528 g/mol. The van der Waals surface area contributed by atoms with Crippen molar-refractivity contribution in [3.63, 3.8) is 0 Å². The number of carbonyl (C=O) groups is 2. The summed E-state index contributed by atoms with van der Waals surface area (Å²) < 4.78 is 23.2. The number of hydrogen-bond acceptors (Lipinski definition) is 8. The second-order valence-corrected chi connectivity index (χ2v) is 14.5. The van der Waals surface area contributed by atoms with Crippen LogP contribution in [0.4, 0.5) is 0 Å². The summed E-state index contributed by atoms with van der Waals surface area (Å²) in [5, 5.41) is 32.8. The zero-order chi connectivity index (χ0) is 29.3. The van der Waals surface area contributed by atoms with Crippen LogP contribution in [0.5, 0.6) is 0 Å². The molecule has 4 aliphatic carbocycles. The van der Waals surface area contributed by atoms with Crippen LogP contribution in [0.2, 0.25) is 0 Å². The molecule has 4 saturated carbocycles. The molecule has 0 amide bonds. The fourth-order valence-electron chi connectivity index (χ4n) is 10.8. The van der Waals surface area contributed by atoms with E-state index in [1.54, 1.807) is 13.2 Å². The van der Waals surface area contributed by atoms with Crippen molar-refractivity contribution in [3.05, 3.63) is 11.6 Å². The molecule has 41 heavy (non-hydrogen) atoms. The molecule has 2 aliphatic heterocycles. The molecule has 1 saturated heterocycles. The lowest BCUT2D eigenvalue weighted by Crippen LogP contribution is -2.62. The number of methoxy groups -OCH3 is 1. The van der Waals surface area contributed by atoms with E-state index < -0.39 is 23.1 Å². The largest absolute Gasteiger partial charge is 0.481 e. The summed E-state index contributed by atoms with van der Waals surface area (Å²) in [4.78, 5) is 23.9. The molecule has 9 heteroatoms. The van der Waals surface area contributed by atoms with Gasteiger partial charge in [-0.1, -0.05) is 13.8 Å². The van der Waals surface area contributed by atoms with Crippen LogP contribution in [0.15, 0.2) is 11.6 Å². The van der Waals surface area contributed by atoms with E-state index >= 15 is 0 Å². The third kappa shape index (κ3) is 4.69. The van der Waals surface area contributed by atoms with E-state index in [0.717, 1.165) is 50.5 Å². The summed E-state index contributed by atoms with van der Waals surface area (Å²) in [6.45, 7) is 6.62. The second kappa shape index (κ2) is 10.6. The molecule has 3 N–H and O–H groups in total. The summed E-state index contributed by atoms with van der Waals surface area (Å²) in [6.07, 6.45) is 7.57. The first kappa shape index (κ1) is 29.5. The van der Waals surface area contributed by atoms with Gasteiger partial charge in [-0.25, -0.2) is 4.79 Å². The molecule has 2 heterocycles. The maximum absolute atomic E-state index is 12.7. The van der Waals surface area contributed by atoms with Gasteiger partial charge < -0.3 is 34.3 Å². The average molecular weight is 577 g/mol. The number of rotatable bonds is 6. The number of hydrogen-bond donors (Lipinski definition) is 3. The van der Waals surface area contributed by atoms with E-state index in [-0.39, 0.29) is 66.8 Å². The van der Waals surface area contributed by atoms with Crippen LogP contribution in [-0.2, 0) is 28.5 Å². The summed E-state index contributed by atoms with van der Waals surface area (Å²) >= 11 is 0. The molecule has 0 bridgehead atoms. The standard InChI is InChI=1S/C32H48O9/c1-17-29(36)24(38-4)14-27(40-17)41-21-7-9-30(2)20(13-21)5-6-23-22(30)8-10-31(3)28(19-12-26(35)39-16-19)18(11-25(33)34)15-32(23,31)37/h12,17-18,20-24,27-29,36-37H,5-11,13-16H2,1-4H3,(H,33,34)/t17-,18+,20-,21-,22+,23-,24-,27+,28-,29+,30-,31+,32+/m1/s1. The van der Waals surface area contributed by atoms with Crippen LogP contribution < -0.4 is 0 Å². The monoisotopic (exact) mass is 576 g/mol. The Morgan fingerprint density at radius 2 is 1.90 bits per heavy atom. The number of esters is 1. The smallest absolute Gasteiger partial charge is 0.331 e. The van der Waals surface area contributed by atoms with Crippen LogP contribution in [0, 0.1) is 40.4 Å². The quantitative estimate of drug-likeness (QED) is 0.319. The third-order valence-corrected chi connectivity index (χ3v) is 12.8. The number of aliphatic carboxylic acids is 1. The van der Waals surface area contributed by atoms with Crippen molar-refractivity contribution in [2.75, 3.05) is 13.7 Å². The Kier molecular flexibility index (Phi) is 7.62. The molecule has 0 radical (unpaired) electrons. The Labute approximate surface area is 242 Å². The lowest BCUT2D eigenvalue weighted by Gasteiger charge is -2.63. The zero-order valence-electron chi connectivity index (χ0n) is 24.9. The highest BCUT2D eigenvalue weighted by atomic mass is 16.7. The maximum Gasteiger partial charge on any atom is 0.331 e. The zero-order valence-corrected chi connectivity index (χ0v) is 24.9. The average Bonchev–Trinajstić information content (AvgIpc) is 3.42. The Bertz CT molecular complexity index is 1080. The topological polar surface area (TPSA) is 132 Å². The molecule has 6 rings (SSSR count). The number of cyclic esters (lactones) is 1. The van der Waals surface area contributed by atoms with Gasteiger partial charge in [-0.05, 0) is 98.9 Å². The molecule has 6 aliphatic rings. The number of fused-ring (bicyclic) bond motifs is 5. The summed E-state index contributed by atoms with van der Waals surface area (Å²) in [5.41, 5.74) is -0.526. The molecule has 230 valence electrons. The van der Waals surface area contributed by atoms with E-state index in [9.17, 15) is 24.9 Å². The number of carboxylic acid groups (broad SMARTS) is 1. The number of carboxylic acids is 1. The minimum atomic E-state index is -0.976. The Morgan fingerprint density at radius 1 is 1.12 bits per heavy atom. The molecular formula is C32H48O9. The third-order valence-electron chi connectivity index (χ3n) is 12.8. The van der Waals surface area contributed by atoms with E-state index in [2.05, 4.69) is 13.8 Å². The highest BCUT2D eigenvalue weighted by Crippen LogP contribution is 2.71. The number of aliphatic hydroxyl groups excluding tert-OH is 1. The van der Waals surface area contributed by atoms with Gasteiger partial charge in [0.1, 0.15) is 12.7 Å². The van der Waals surface area contributed by atoms with Crippen LogP contribution in [0.25, 0.3) is 0 Å². The number of carbonyl (C=O) groups excluding carboxylic acids is 1. The van der Waals surface area contributed by atoms with Crippen molar-refractivity contribution < 1.29 is 43.9 Å². The first-order chi connectivity index (χ1) is 19.4. The molecule has 9 nitrogen and oxygen atoms in total. The van der Waals surface area contributed by atoms with Crippen LogP contribution in [-0.4, -0.2) is 77.3 Å². The summed E-state index contributed by atoms with van der Waals surface area (Å²) in [7, 11) is 1.62. The molecule has 0 aromatic rings. The fourth-order valence-corrected chi connectivity index (χ4v) is 10.8. The molecule has 13 atom stereocenters. The highest BCUT2D eigenvalue weighted by molar-refractivity contribution is 5.85. The summed E-state index contributed by atoms with van der Waals surface area (Å²) in [6, 6.07) is 0. The Morgan fingerprint density at radius 3 is 2.59 bits per heavy atom. The van der Waals surface area contributed by atoms with Crippen molar-refractivity contribution in [1.82, 2.24) is 0 Å². The maximum atomic E-state index is 12.7. The second-order valence-electron chi connectivity index (χ2n) is 14.5. The van der Waals surface area contributed by atoms with Gasteiger partial charge in [-0.15, -0.1) is 0 Å². The molecule has 0 aromatic carbocycles. The van der Waals surface area contributed by atoms with E-state index in [4.69, 9.17) is 18.9 Å². The Balaban J connectivity index is 1.19. The SMILES string of the molecule is CO[C@@H]1C[C@H](O[C@@H]2CC[C@]3(C)[C@H](CC[C@@H]4[C@@H]3CC[C@@]3(C)[C@@H](C5=CC(=O)OC5)[C@@H](CC(=O)O)C[C@]43O)C2)O[C@H](C)[C@@H]1O. The van der Waals surface area contributed by atoms with Crippen molar-refractivity contribution in [1.29, 1.82) is 0 Å². The van der Waals surface area contributed by atoms with Crippen molar-refractivity contribution >= 4 is 11.9 Å². The first-order valence-electron chi connectivity index (χ1n) is 15.7. The predicted octanol–water partition coefficient (Wildman–Crippen LogP) is 3.84. The van der Waals surface area contributed by atoms with Gasteiger partial charge in [0.15, 0.2) is 6.29 Å². The molecule has 0 unspecified atom stereocenters. The van der Waals surface area contributed by atoms with Crippen LogP contribution in [0.3, 0.4) is 0 Å². The van der Waals surface area contributed by atoms with E-state index in [0.29, 0.717) is 24.7 Å². The summed E-state index contributed by atoms with van der Waals surface area (Å²) in [5.74, 6) is -0.663. The minimum Gasteiger partial charge on any atom is -0.481 e. The normalized spacial score (nSPS) is 51.3. The Hall–Kier alpha value is -1.52. The minimum absolute atomic E-state index is 0.00674. The number of ether oxygens (including phenoxy) is 4. The van der Waals surface area contributed by atoms with Gasteiger partial charge in [-0.2, -0.15) is 0 Å². The fraction of sp³-hybridized carbons (Fsp3) is 0.875. The highest BCUT2D eigenvalue weighted by Gasteiger charge is 2.70. The van der Waals surface area contributed by atoms with Crippen LogP contribution >= 0.6 is 0 Å². The van der Waals surface area contributed by atoms with Crippen molar-refractivity contribution in [3.8, 4) is 0 Å². The van der Waals surface area contributed by atoms with Gasteiger partial charge >= 0.3 is 11.9 Å². The van der Waals surface area contributed by atoms with Gasteiger partial charge in [0.2, 0.25) is 0 Å². The first-order valence-corrected chi connectivity index (χ1v) is 15.7. The molecule has 0 spiro atoms. The predicted molar refractivity (Wildman–Crippen MR) is 147 cm³/mol. The number of aliphatic hydroxyl groups is 2. The molecule has 0 aromatic heterocycles. The van der Waals surface area contributed by atoms with E-state index in [1.165, 1.54) is 0 Å². The lowest BCUT2D eigenvalue weighted by atomic mass is 9.43. The van der Waals surface area contributed by atoms with E-state index in [1.807, 2.05) is 6.92 Å².